The first-order valence-electron chi connectivity index (χ1n) is 10.9. The Kier molecular flexibility index (Phi) is 8.24. The standard InChI is InChI=1S/C23H46O2Si2/c1-17(2)27(18(3)4,19(5)6)25-22-16-15-21(14-13-20(22)7)24-26(11,12)23(8,9)10/h13-15,17-20,22H,16H2,1-12H3/t20-,22+/m1/s1. The predicted octanol–water partition coefficient (Wildman–Crippen LogP) is 8.05. The van der Waals surface area contributed by atoms with Crippen LogP contribution >= 0.6 is 0 Å². The Morgan fingerprint density at radius 1 is 0.963 bits per heavy atom. The van der Waals surface area contributed by atoms with Gasteiger partial charge in [-0.2, -0.15) is 0 Å². The Hall–Kier alpha value is -0.326. The molecule has 0 unspecified atom stereocenters. The molecule has 0 N–H and O–H groups in total. The molecule has 27 heavy (non-hydrogen) atoms. The van der Waals surface area contributed by atoms with Gasteiger partial charge in [0.2, 0.25) is 16.6 Å². The summed E-state index contributed by atoms with van der Waals surface area (Å²) in [6.07, 6.45) is 7.97. The van der Waals surface area contributed by atoms with Gasteiger partial charge in [0, 0.05) is 0 Å². The van der Waals surface area contributed by atoms with Gasteiger partial charge in [-0.15, -0.1) is 0 Å². The molecule has 0 aliphatic heterocycles. The molecule has 2 atom stereocenters. The Morgan fingerprint density at radius 3 is 1.85 bits per heavy atom. The summed E-state index contributed by atoms with van der Waals surface area (Å²) in [6.45, 7) is 28.0. The molecular formula is C23H46O2Si2. The molecule has 2 nitrogen and oxygen atoms in total. The van der Waals surface area contributed by atoms with Gasteiger partial charge < -0.3 is 8.85 Å². The van der Waals surface area contributed by atoms with E-state index in [0.717, 1.165) is 12.2 Å². The molecule has 0 saturated heterocycles. The number of allylic oxidation sites excluding steroid dienone is 1. The van der Waals surface area contributed by atoms with E-state index in [1.807, 2.05) is 0 Å². The summed E-state index contributed by atoms with van der Waals surface area (Å²) in [5.41, 5.74) is 1.84. The van der Waals surface area contributed by atoms with Crippen LogP contribution < -0.4 is 0 Å². The highest BCUT2D eigenvalue weighted by atomic mass is 28.4. The van der Waals surface area contributed by atoms with Crippen LogP contribution in [-0.2, 0) is 8.85 Å². The minimum atomic E-state index is -1.87. The average Bonchev–Trinajstić information content (AvgIpc) is 2.65. The van der Waals surface area contributed by atoms with Crippen LogP contribution in [0, 0.1) is 5.92 Å². The second-order valence-corrected chi connectivity index (χ2v) is 21.0. The van der Waals surface area contributed by atoms with Gasteiger partial charge in [-0.25, -0.2) is 0 Å². The maximum atomic E-state index is 7.10. The summed E-state index contributed by atoms with van der Waals surface area (Å²) >= 11 is 0. The molecule has 1 aliphatic rings. The average molecular weight is 411 g/mol. The zero-order valence-corrected chi connectivity index (χ0v) is 22.1. The van der Waals surface area contributed by atoms with Gasteiger partial charge in [0.05, 0.1) is 11.9 Å². The Balaban J connectivity index is 3.07. The fourth-order valence-corrected chi connectivity index (χ4v) is 10.9. The van der Waals surface area contributed by atoms with Crippen molar-refractivity contribution >= 4 is 16.6 Å². The lowest BCUT2D eigenvalue weighted by molar-refractivity contribution is 0.142. The molecule has 0 aromatic heterocycles. The molecule has 0 fully saturated rings. The van der Waals surface area contributed by atoms with Crippen LogP contribution in [0.2, 0.25) is 34.8 Å². The van der Waals surface area contributed by atoms with Crippen molar-refractivity contribution in [2.24, 2.45) is 5.92 Å². The predicted molar refractivity (Wildman–Crippen MR) is 125 cm³/mol. The van der Waals surface area contributed by atoms with Crippen molar-refractivity contribution in [3.8, 4) is 0 Å². The fourth-order valence-electron chi connectivity index (χ4n) is 4.23. The lowest BCUT2D eigenvalue weighted by atomic mass is 10.0. The lowest BCUT2D eigenvalue weighted by Gasteiger charge is -2.45. The SMILES string of the molecule is CC(C)[Si](O[C@H]1CC=C(O[Si](C)(C)C(C)(C)C)C=C[C@H]1C)(C(C)C)C(C)C. The first-order valence-corrected chi connectivity index (χ1v) is 15.9. The van der Waals surface area contributed by atoms with Gasteiger partial charge in [0.15, 0.2) is 0 Å². The minimum absolute atomic E-state index is 0.213. The zero-order chi connectivity index (χ0) is 21.2. The second-order valence-electron chi connectivity index (χ2n) is 10.9. The second kappa shape index (κ2) is 9.00. The first kappa shape index (κ1) is 24.7. The van der Waals surface area contributed by atoms with Crippen LogP contribution in [0.3, 0.4) is 0 Å². The maximum absolute atomic E-state index is 7.10. The minimum Gasteiger partial charge on any atom is -0.544 e. The molecule has 0 heterocycles. The molecule has 0 saturated carbocycles. The quantitative estimate of drug-likeness (QED) is 0.395. The Labute approximate surface area is 172 Å². The highest BCUT2D eigenvalue weighted by Crippen LogP contribution is 2.44. The number of rotatable bonds is 7. The third-order valence-corrected chi connectivity index (χ3v) is 17.4. The van der Waals surface area contributed by atoms with Crippen molar-refractivity contribution in [3.63, 3.8) is 0 Å². The van der Waals surface area contributed by atoms with Crippen LogP contribution in [0.4, 0.5) is 0 Å². The van der Waals surface area contributed by atoms with Gasteiger partial charge in [0.1, 0.15) is 0 Å². The van der Waals surface area contributed by atoms with Gasteiger partial charge in [-0.3, -0.25) is 0 Å². The molecule has 158 valence electrons. The van der Waals surface area contributed by atoms with Gasteiger partial charge in [-0.1, -0.05) is 75.3 Å². The van der Waals surface area contributed by atoms with Crippen LogP contribution in [0.1, 0.15) is 75.7 Å². The Morgan fingerprint density at radius 2 is 1.44 bits per heavy atom. The molecule has 4 heteroatoms. The number of hydrogen-bond donors (Lipinski definition) is 0. The molecule has 0 aromatic carbocycles. The van der Waals surface area contributed by atoms with Gasteiger partial charge in [-0.05, 0) is 59.2 Å². The molecule has 0 radical (unpaired) electrons. The van der Waals surface area contributed by atoms with E-state index in [1.54, 1.807) is 0 Å². The first-order chi connectivity index (χ1) is 12.1. The van der Waals surface area contributed by atoms with E-state index in [0.29, 0.717) is 22.5 Å². The molecule has 0 bridgehead atoms. The summed E-state index contributed by atoms with van der Waals surface area (Å²) < 4.78 is 13.7. The van der Waals surface area contributed by atoms with E-state index < -0.39 is 16.6 Å². The van der Waals surface area contributed by atoms with Crippen molar-refractivity contribution in [3.05, 3.63) is 24.0 Å². The lowest BCUT2D eigenvalue weighted by Crippen LogP contribution is -2.51. The van der Waals surface area contributed by atoms with Crippen LogP contribution in [-0.4, -0.2) is 22.7 Å². The van der Waals surface area contributed by atoms with E-state index in [1.165, 1.54) is 0 Å². The highest BCUT2D eigenvalue weighted by molar-refractivity contribution is 6.77. The zero-order valence-electron chi connectivity index (χ0n) is 20.1. The summed E-state index contributed by atoms with van der Waals surface area (Å²) in [7, 11) is -3.68. The third-order valence-electron chi connectivity index (χ3n) is 6.94. The Bertz CT molecular complexity index is 517. The molecule has 1 aliphatic carbocycles. The molecule has 0 spiro atoms. The van der Waals surface area contributed by atoms with Crippen LogP contribution in [0.15, 0.2) is 24.0 Å². The van der Waals surface area contributed by atoms with E-state index in [9.17, 15) is 0 Å². The topological polar surface area (TPSA) is 18.5 Å². The van der Waals surface area contributed by atoms with Gasteiger partial charge in [0.25, 0.3) is 0 Å². The molecular weight excluding hydrogens is 364 g/mol. The summed E-state index contributed by atoms with van der Waals surface area (Å²) in [6, 6.07) is 0. The van der Waals surface area contributed by atoms with Crippen molar-refractivity contribution in [1.29, 1.82) is 0 Å². The molecule has 0 aromatic rings. The van der Waals surface area contributed by atoms with Crippen LogP contribution in [0.5, 0.6) is 0 Å². The third kappa shape index (κ3) is 5.60. The van der Waals surface area contributed by atoms with Crippen molar-refractivity contribution < 1.29 is 8.85 Å². The largest absolute Gasteiger partial charge is 0.544 e. The molecule has 0 amide bonds. The summed E-state index contributed by atoms with van der Waals surface area (Å²) in [5.74, 6) is 1.45. The fraction of sp³-hybridized carbons (Fsp3) is 0.826. The van der Waals surface area contributed by atoms with Gasteiger partial charge >= 0.3 is 0 Å². The highest BCUT2D eigenvalue weighted by Gasteiger charge is 2.47. The van der Waals surface area contributed by atoms with E-state index in [-0.39, 0.29) is 11.1 Å². The van der Waals surface area contributed by atoms with Crippen molar-refractivity contribution in [2.45, 2.75) is 117 Å². The molecule has 1 rings (SSSR count). The van der Waals surface area contributed by atoms with Crippen LogP contribution in [0.25, 0.3) is 0 Å². The van der Waals surface area contributed by atoms with E-state index >= 15 is 0 Å². The number of hydrogen-bond acceptors (Lipinski definition) is 2. The van der Waals surface area contributed by atoms with E-state index in [4.69, 9.17) is 8.85 Å². The summed E-state index contributed by atoms with van der Waals surface area (Å²) in [5, 5.41) is 0.213. The normalized spacial score (nSPS) is 22.4. The van der Waals surface area contributed by atoms with Crippen molar-refractivity contribution in [1.82, 2.24) is 0 Å². The van der Waals surface area contributed by atoms with Crippen molar-refractivity contribution in [2.75, 3.05) is 0 Å². The summed E-state index contributed by atoms with van der Waals surface area (Å²) in [4.78, 5) is 0. The monoisotopic (exact) mass is 410 g/mol. The smallest absolute Gasteiger partial charge is 0.250 e. The maximum Gasteiger partial charge on any atom is 0.250 e. The van der Waals surface area contributed by atoms with E-state index in [2.05, 4.69) is 101 Å².